The predicted octanol–water partition coefficient (Wildman–Crippen LogP) is 2.04. The zero-order chi connectivity index (χ0) is 24.7. The van der Waals surface area contributed by atoms with E-state index < -0.39 is 29.4 Å². The molecule has 3 heterocycles. The standard InChI is InChI=1S/C26H25N3O5S/c1-28-22(31)20-18-14-27-25(35-15-19(30)17-11-7-4-8-12-17)29(18)26(24(33)34-2,21(20)23(28)32)13-16-9-5-3-6-10-16/h3-12,18,20-21H,13-15H2,1-2H3/t18-,20+,21-,26-/m1/s1. The molecule has 3 aliphatic rings. The third-order valence-electron chi connectivity index (χ3n) is 7.17. The highest BCUT2D eigenvalue weighted by molar-refractivity contribution is 8.14. The lowest BCUT2D eigenvalue weighted by Crippen LogP contribution is -2.60. The second-order valence-corrected chi connectivity index (χ2v) is 9.90. The van der Waals surface area contributed by atoms with Crippen molar-refractivity contribution in [2.24, 2.45) is 16.8 Å². The summed E-state index contributed by atoms with van der Waals surface area (Å²) in [6, 6.07) is 17.9. The molecule has 2 aromatic rings. The van der Waals surface area contributed by atoms with E-state index >= 15 is 0 Å². The fraction of sp³-hybridized carbons (Fsp3) is 0.346. The third-order valence-corrected chi connectivity index (χ3v) is 8.16. The molecule has 0 radical (unpaired) electrons. The number of fused-ring (bicyclic) bond motifs is 3. The molecule has 35 heavy (non-hydrogen) atoms. The van der Waals surface area contributed by atoms with Crippen LogP contribution in [-0.4, -0.2) is 76.6 Å². The molecule has 180 valence electrons. The normalized spacial score (nSPS) is 27.0. The van der Waals surface area contributed by atoms with Crippen LogP contribution in [0.5, 0.6) is 0 Å². The van der Waals surface area contributed by atoms with Crippen molar-refractivity contribution in [3.05, 3.63) is 71.8 Å². The Morgan fingerprint density at radius 2 is 1.71 bits per heavy atom. The zero-order valence-electron chi connectivity index (χ0n) is 19.4. The minimum Gasteiger partial charge on any atom is -0.467 e. The number of thioether (sulfide) groups is 1. The van der Waals surface area contributed by atoms with Gasteiger partial charge >= 0.3 is 5.97 Å². The Kier molecular flexibility index (Phi) is 5.96. The number of esters is 1. The second kappa shape index (κ2) is 8.96. The Labute approximate surface area is 207 Å². The number of rotatable bonds is 6. The molecule has 0 saturated carbocycles. The first-order chi connectivity index (χ1) is 16.9. The number of hydrogen-bond donors (Lipinski definition) is 0. The van der Waals surface area contributed by atoms with Gasteiger partial charge in [0.2, 0.25) is 11.8 Å². The van der Waals surface area contributed by atoms with Gasteiger partial charge in [-0.2, -0.15) is 0 Å². The van der Waals surface area contributed by atoms with Crippen molar-refractivity contribution in [3.8, 4) is 0 Å². The Morgan fingerprint density at radius 3 is 2.37 bits per heavy atom. The summed E-state index contributed by atoms with van der Waals surface area (Å²) in [4.78, 5) is 60.5. The molecule has 2 amide bonds. The molecule has 4 atom stereocenters. The largest absolute Gasteiger partial charge is 0.467 e. The van der Waals surface area contributed by atoms with Gasteiger partial charge in [0.05, 0.1) is 37.3 Å². The van der Waals surface area contributed by atoms with Gasteiger partial charge in [0.1, 0.15) is 0 Å². The van der Waals surface area contributed by atoms with E-state index in [-0.39, 0.29) is 36.3 Å². The fourth-order valence-electron chi connectivity index (χ4n) is 5.62. The van der Waals surface area contributed by atoms with E-state index in [0.717, 1.165) is 10.5 Å². The lowest BCUT2D eigenvalue weighted by molar-refractivity contribution is -0.157. The van der Waals surface area contributed by atoms with Crippen molar-refractivity contribution < 1.29 is 23.9 Å². The number of likely N-dealkylation sites (tertiary alicyclic amines) is 1. The molecule has 9 heteroatoms. The molecule has 0 aliphatic carbocycles. The highest BCUT2D eigenvalue weighted by atomic mass is 32.2. The number of aliphatic imine (C=N–C) groups is 1. The van der Waals surface area contributed by atoms with E-state index in [4.69, 9.17) is 4.74 Å². The van der Waals surface area contributed by atoms with Crippen LogP contribution in [0.15, 0.2) is 65.7 Å². The molecule has 0 unspecified atom stereocenters. The average Bonchev–Trinajstić information content (AvgIpc) is 3.50. The molecule has 2 saturated heterocycles. The van der Waals surface area contributed by atoms with Gasteiger partial charge in [0.25, 0.3) is 0 Å². The number of imide groups is 1. The van der Waals surface area contributed by atoms with Crippen LogP contribution in [0.3, 0.4) is 0 Å². The molecular formula is C26H25N3O5S. The number of ketones is 1. The Balaban J connectivity index is 1.54. The van der Waals surface area contributed by atoms with Gasteiger partial charge in [-0.15, -0.1) is 0 Å². The van der Waals surface area contributed by atoms with Crippen LogP contribution in [0, 0.1) is 11.8 Å². The first-order valence-electron chi connectivity index (χ1n) is 11.4. The van der Waals surface area contributed by atoms with E-state index in [1.54, 1.807) is 24.3 Å². The molecular weight excluding hydrogens is 466 g/mol. The minimum absolute atomic E-state index is 0.0697. The van der Waals surface area contributed by atoms with Crippen molar-refractivity contribution in [1.29, 1.82) is 0 Å². The molecule has 0 aromatic heterocycles. The number of hydrogen-bond acceptors (Lipinski definition) is 8. The zero-order valence-corrected chi connectivity index (χ0v) is 20.2. The number of amides is 2. The van der Waals surface area contributed by atoms with Crippen molar-refractivity contribution >= 4 is 40.5 Å². The van der Waals surface area contributed by atoms with Crippen molar-refractivity contribution in [1.82, 2.24) is 9.80 Å². The molecule has 8 nitrogen and oxygen atoms in total. The van der Waals surface area contributed by atoms with Gasteiger partial charge in [0, 0.05) is 19.0 Å². The summed E-state index contributed by atoms with van der Waals surface area (Å²) in [5.41, 5.74) is -0.0196. The number of Topliss-reactive ketones (excluding diaryl/α,β-unsaturated/α-hetero) is 1. The van der Waals surface area contributed by atoms with Gasteiger partial charge in [0.15, 0.2) is 16.5 Å². The van der Waals surface area contributed by atoms with E-state index in [9.17, 15) is 19.2 Å². The van der Waals surface area contributed by atoms with Crippen molar-refractivity contribution in [3.63, 3.8) is 0 Å². The highest BCUT2D eigenvalue weighted by Crippen LogP contribution is 2.53. The Morgan fingerprint density at radius 1 is 1.06 bits per heavy atom. The molecule has 2 aromatic carbocycles. The SMILES string of the molecule is COC(=O)[C@@]1(Cc2ccccc2)[C@H]2C(=O)N(C)C(=O)[C@H]2[C@H]2CN=C(SCC(=O)c3ccccc3)N21. The number of carbonyl (C=O) groups is 4. The maximum Gasteiger partial charge on any atom is 0.333 e. The van der Waals surface area contributed by atoms with E-state index in [1.165, 1.54) is 25.9 Å². The van der Waals surface area contributed by atoms with Crippen LogP contribution >= 0.6 is 11.8 Å². The van der Waals surface area contributed by atoms with Crippen LogP contribution < -0.4 is 0 Å². The summed E-state index contributed by atoms with van der Waals surface area (Å²) in [5.74, 6) is -2.84. The molecule has 3 aliphatic heterocycles. The molecule has 5 rings (SSSR count). The summed E-state index contributed by atoms with van der Waals surface area (Å²) < 4.78 is 5.29. The third kappa shape index (κ3) is 3.56. The Bertz CT molecular complexity index is 1220. The average molecular weight is 492 g/mol. The van der Waals surface area contributed by atoms with Crippen molar-refractivity contribution in [2.45, 2.75) is 18.0 Å². The number of methoxy groups -OCH3 is 1. The molecule has 2 fully saturated rings. The van der Waals surface area contributed by atoms with Gasteiger partial charge in [-0.25, -0.2) is 4.79 Å². The number of nitrogens with zero attached hydrogens (tertiary/aromatic N) is 3. The summed E-state index contributed by atoms with van der Waals surface area (Å²) in [6.07, 6.45) is 0.178. The van der Waals surface area contributed by atoms with Crippen LogP contribution in [-0.2, 0) is 25.5 Å². The van der Waals surface area contributed by atoms with Gasteiger partial charge in [-0.1, -0.05) is 72.4 Å². The van der Waals surface area contributed by atoms with Crippen molar-refractivity contribution in [2.75, 3.05) is 26.5 Å². The predicted molar refractivity (Wildman–Crippen MR) is 131 cm³/mol. The van der Waals surface area contributed by atoms with Gasteiger partial charge in [-0.3, -0.25) is 24.3 Å². The van der Waals surface area contributed by atoms with E-state index in [0.29, 0.717) is 10.7 Å². The molecule has 0 N–H and O–H groups in total. The lowest BCUT2D eigenvalue weighted by Gasteiger charge is -2.40. The Hall–Kier alpha value is -3.46. The summed E-state index contributed by atoms with van der Waals surface area (Å²) in [7, 11) is 2.75. The summed E-state index contributed by atoms with van der Waals surface area (Å²) >= 11 is 1.23. The number of ether oxygens (including phenoxy) is 1. The van der Waals surface area contributed by atoms with Crippen LogP contribution in [0.25, 0.3) is 0 Å². The summed E-state index contributed by atoms with van der Waals surface area (Å²) in [6.45, 7) is 0.267. The number of carbonyl (C=O) groups excluding carboxylic acids is 4. The minimum atomic E-state index is -1.44. The quantitative estimate of drug-likeness (QED) is 0.347. The van der Waals surface area contributed by atoms with E-state index in [1.807, 2.05) is 41.3 Å². The van der Waals surface area contributed by atoms with E-state index in [2.05, 4.69) is 4.99 Å². The van der Waals surface area contributed by atoms with Crippen LogP contribution in [0.4, 0.5) is 0 Å². The topological polar surface area (TPSA) is 96.4 Å². The fourth-order valence-corrected chi connectivity index (χ4v) is 6.65. The smallest absolute Gasteiger partial charge is 0.333 e. The maximum atomic E-state index is 13.6. The lowest BCUT2D eigenvalue weighted by atomic mass is 9.76. The second-order valence-electron chi connectivity index (χ2n) is 8.96. The number of amidine groups is 1. The monoisotopic (exact) mass is 491 g/mol. The number of benzene rings is 2. The maximum absolute atomic E-state index is 13.6. The van der Waals surface area contributed by atoms with Gasteiger partial charge < -0.3 is 9.64 Å². The molecule has 0 spiro atoms. The van der Waals surface area contributed by atoms with Crippen LogP contribution in [0.1, 0.15) is 15.9 Å². The first kappa shape index (κ1) is 23.3. The van der Waals surface area contributed by atoms with Gasteiger partial charge in [-0.05, 0) is 5.56 Å². The summed E-state index contributed by atoms with van der Waals surface area (Å²) in [5, 5.41) is 0.485. The first-order valence-corrected chi connectivity index (χ1v) is 12.4. The van der Waals surface area contributed by atoms with Crippen LogP contribution in [0.2, 0.25) is 0 Å². The molecule has 0 bridgehead atoms. The highest BCUT2D eigenvalue weighted by Gasteiger charge is 2.73.